The smallest absolute Gasteiger partial charge is 0.178 e. The van der Waals surface area contributed by atoms with Gasteiger partial charge < -0.3 is 15.5 Å². The second-order valence-corrected chi connectivity index (χ2v) is 4.89. The highest BCUT2D eigenvalue weighted by Gasteiger charge is 2.41. The molecule has 0 spiro atoms. The molecule has 0 saturated heterocycles. The number of pyridine rings is 1. The van der Waals surface area contributed by atoms with Crippen LogP contribution in [0.25, 0.3) is 0 Å². The zero-order chi connectivity index (χ0) is 13.9. The molecule has 0 radical (unpaired) electrons. The second-order valence-electron chi connectivity index (χ2n) is 4.89. The first kappa shape index (κ1) is 14.0. The fraction of sp³-hybridized carbons (Fsp3) is 0.583. The van der Waals surface area contributed by atoms with E-state index in [9.17, 15) is 8.78 Å². The van der Waals surface area contributed by atoms with Gasteiger partial charge >= 0.3 is 0 Å². The number of methoxy groups -OCH3 is 1. The van der Waals surface area contributed by atoms with Crippen molar-refractivity contribution in [2.45, 2.75) is 19.3 Å². The van der Waals surface area contributed by atoms with Crippen molar-refractivity contribution in [1.82, 2.24) is 4.98 Å². The molecule has 0 aliphatic heterocycles. The molecule has 1 aliphatic carbocycles. The van der Waals surface area contributed by atoms with Gasteiger partial charge in [-0.1, -0.05) is 0 Å². The lowest BCUT2D eigenvalue weighted by Gasteiger charge is -2.16. The Labute approximate surface area is 110 Å². The minimum atomic E-state index is -0.814. The van der Waals surface area contributed by atoms with Crippen molar-refractivity contribution < 1.29 is 13.5 Å². The molecular formula is C12H18F2N4O. The van der Waals surface area contributed by atoms with Crippen molar-refractivity contribution in [1.29, 1.82) is 0 Å². The number of hydrazine groups is 1. The first-order chi connectivity index (χ1) is 9.10. The van der Waals surface area contributed by atoms with Crippen molar-refractivity contribution in [3.05, 3.63) is 17.7 Å². The van der Waals surface area contributed by atoms with Crippen LogP contribution in [0.15, 0.2) is 6.07 Å². The number of nitrogens with zero attached hydrogens (tertiary/aromatic N) is 1. The maximum absolute atomic E-state index is 13.6. The zero-order valence-electron chi connectivity index (χ0n) is 10.8. The lowest BCUT2D eigenvalue weighted by Crippen LogP contribution is -2.19. The van der Waals surface area contributed by atoms with Crippen molar-refractivity contribution in [3.8, 4) is 0 Å². The Morgan fingerprint density at radius 1 is 1.37 bits per heavy atom. The monoisotopic (exact) mass is 272 g/mol. The van der Waals surface area contributed by atoms with E-state index in [0.29, 0.717) is 13.2 Å². The Bertz CT molecular complexity index is 452. The molecule has 0 unspecified atom stereocenters. The third-order valence-electron chi connectivity index (χ3n) is 3.49. The quantitative estimate of drug-likeness (QED) is 0.522. The number of rotatable bonds is 7. The third kappa shape index (κ3) is 3.30. The molecule has 0 atom stereocenters. The fourth-order valence-corrected chi connectivity index (χ4v) is 1.97. The maximum atomic E-state index is 13.6. The van der Waals surface area contributed by atoms with Gasteiger partial charge in [0, 0.05) is 26.3 Å². The predicted molar refractivity (Wildman–Crippen MR) is 68.6 cm³/mol. The number of halogens is 2. The summed E-state index contributed by atoms with van der Waals surface area (Å²) in [5.41, 5.74) is 2.24. The van der Waals surface area contributed by atoms with E-state index < -0.39 is 11.6 Å². The molecular weight excluding hydrogens is 254 g/mol. The molecule has 19 heavy (non-hydrogen) atoms. The average molecular weight is 272 g/mol. The number of hydrogen-bond donors (Lipinski definition) is 3. The summed E-state index contributed by atoms with van der Waals surface area (Å²) in [4.78, 5) is 3.77. The standard InChI is InChI=1S/C12H18F2N4O/c1-19-5-4-12(2-3-12)7-16-10-8(13)6-9(14)11(17-10)18-15/h6H,2-5,7,15H2,1H3,(H2,16,17,18). The highest BCUT2D eigenvalue weighted by atomic mass is 19.1. The summed E-state index contributed by atoms with van der Waals surface area (Å²) in [7, 11) is 1.66. The van der Waals surface area contributed by atoms with Crippen LogP contribution < -0.4 is 16.6 Å². The molecule has 1 saturated carbocycles. The van der Waals surface area contributed by atoms with Gasteiger partial charge in [0.25, 0.3) is 0 Å². The summed E-state index contributed by atoms with van der Waals surface area (Å²) in [5.74, 6) is 3.41. The molecule has 0 aromatic carbocycles. The van der Waals surface area contributed by atoms with Gasteiger partial charge in [0.2, 0.25) is 0 Å². The summed E-state index contributed by atoms with van der Waals surface area (Å²) >= 11 is 0. The highest BCUT2D eigenvalue weighted by molar-refractivity contribution is 5.47. The molecule has 7 heteroatoms. The maximum Gasteiger partial charge on any atom is 0.178 e. The normalized spacial score (nSPS) is 16.2. The predicted octanol–water partition coefficient (Wildman–Crippen LogP) is 1.87. The van der Waals surface area contributed by atoms with Gasteiger partial charge in [-0.3, -0.25) is 0 Å². The Hall–Kier alpha value is -1.47. The molecule has 0 amide bonds. The number of nitrogen functional groups attached to an aromatic ring is 1. The van der Waals surface area contributed by atoms with Gasteiger partial charge in [0.1, 0.15) is 0 Å². The Morgan fingerprint density at radius 3 is 2.63 bits per heavy atom. The number of aromatic nitrogens is 1. The molecule has 1 aliphatic rings. The van der Waals surface area contributed by atoms with Crippen LogP contribution in [-0.2, 0) is 4.74 Å². The summed E-state index contributed by atoms with van der Waals surface area (Å²) in [6, 6.07) is 0.763. The molecule has 106 valence electrons. The van der Waals surface area contributed by atoms with Gasteiger partial charge in [0.05, 0.1) is 0 Å². The lowest BCUT2D eigenvalue weighted by molar-refractivity contribution is 0.175. The zero-order valence-corrected chi connectivity index (χ0v) is 10.8. The minimum Gasteiger partial charge on any atom is -0.385 e. The summed E-state index contributed by atoms with van der Waals surface area (Å²) in [6.07, 6.45) is 3.07. The number of hydrogen-bond acceptors (Lipinski definition) is 5. The van der Waals surface area contributed by atoms with E-state index in [1.54, 1.807) is 7.11 Å². The summed E-state index contributed by atoms with van der Waals surface area (Å²) in [5, 5.41) is 2.92. The van der Waals surface area contributed by atoms with E-state index in [1.165, 1.54) is 0 Å². The second kappa shape index (κ2) is 5.66. The molecule has 1 fully saturated rings. The molecule has 1 aromatic heterocycles. The molecule has 1 aromatic rings. The van der Waals surface area contributed by atoms with E-state index in [1.807, 2.05) is 0 Å². The molecule has 4 N–H and O–H groups in total. The Balaban J connectivity index is 1.99. The van der Waals surface area contributed by atoms with E-state index in [0.717, 1.165) is 25.3 Å². The van der Waals surface area contributed by atoms with Crippen LogP contribution in [0.5, 0.6) is 0 Å². The van der Waals surface area contributed by atoms with Crippen LogP contribution in [-0.4, -0.2) is 25.2 Å². The van der Waals surface area contributed by atoms with Crippen molar-refractivity contribution >= 4 is 11.6 Å². The van der Waals surface area contributed by atoms with Crippen molar-refractivity contribution in [3.63, 3.8) is 0 Å². The number of ether oxygens (including phenoxy) is 1. The fourth-order valence-electron chi connectivity index (χ4n) is 1.97. The van der Waals surface area contributed by atoms with Crippen LogP contribution >= 0.6 is 0 Å². The van der Waals surface area contributed by atoms with Crippen LogP contribution in [0.1, 0.15) is 19.3 Å². The van der Waals surface area contributed by atoms with E-state index in [2.05, 4.69) is 15.7 Å². The third-order valence-corrected chi connectivity index (χ3v) is 3.49. The van der Waals surface area contributed by atoms with Crippen LogP contribution in [0, 0.1) is 17.0 Å². The first-order valence-electron chi connectivity index (χ1n) is 6.16. The SMILES string of the molecule is COCCC1(CNc2nc(NN)c(F)cc2F)CC1. The number of nitrogens with two attached hydrogens (primary N) is 1. The molecule has 5 nitrogen and oxygen atoms in total. The van der Waals surface area contributed by atoms with Crippen molar-refractivity contribution in [2.75, 3.05) is 31.0 Å². The van der Waals surface area contributed by atoms with Crippen LogP contribution in [0.2, 0.25) is 0 Å². The first-order valence-corrected chi connectivity index (χ1v) is 6.16. The summed E-state index contributed by atoms with van der Waals surface area (Å²) < 4.78 is 31.8. The van der Waals surface area contributed by atoms with Crippen LogP contribution in [0.3, 0.4) is 0 Å². The topological polar surface area (TPSA) is 72.2 Å². The lowest BCUT2D eigenvalue weighted by atomic mass is 10.0. The minimum absolute atomic E-state index is 0.0121. The van der Waals surface area contributed by atoms with E-state index in [-0.39, 0.29) is 17.1 Å². The van der Waals surface area contributed by atoms with E-state index in [4.69, 9.17) is 10.6 Å². The average Bonchev–Trinajstić information content (AvgIpc) is 3.16. The van der Waals surface area contributed by atoms with Gasteiger partial charge in [-0.2, -0.15) is 0 Å². The van der Waals surface area contributed by atoms with Gasteiger partial charge in [0.15, 0.2) is 23.3 Å². The summed E-state index contributed by atoms with van der Waals surface area (Å²) in [6.45, 7) is 1.27. The molecule has 0 bridgehead atoms. The van der Waals surface area contributed by atoms with Gasteiger partial charge in [-0.25, -0.2) is 19.6 Å². The van der Waals surface area contributed by atoms with E-state index >= 15 is 0 Å². The Morgan fingerprint density at radius 2 is 2.05 bits per heavy atom. The van der Waals surface area contributed by atoms with Crippen LogP contribution in [0.4, 0.5) is 20.4 Å². The van der Waals surface area contributed by atoms with Gasteiger partial charge in [-0.15, -0.1) is 0 Å². The van der Waals surface area contributed by atoms with Crippen molar-refractivity contribution in [2.24, 2.45) is 11.3 Å². The number of nitrogens with one attached hydrogen (secondary N) is 2. The largest absolute Gasteiger partial charge is 0.385 e. The molecule has 2 rings (SSSR count). The molecule has 1 heterocycles. The number of anilines is 2. The Kier molecular flexibility index (Phi) is 4.16. The highest BCUT2D eigenvalue weighted by Crippen LogP contribution is 2.48. The van der Waals surface area contributed by atoms with Gasteiger partial charge in [-0.05, 0) is 24.7 Å².